The van der Waals surface area contributed by atoms with E-state index in [2.05, 4.69) is 5.32 Å². The normalized spacial score (nSPS) is 21.8. The van der Waals surface area contributed by atoms with Gasteiger partial charge in [0, 0.05) is 23.9 Å². The van der Waals surface area contributed by atoms with Crippen LogP contribution in [-0.2, 0) is 16.9 Å². The molecule has 2 unspecified atom stereocenters. The third-order valence-corrected chi connectivity index (χ3v) is 4.65. The minimum atomic E-state index is -6.14. The molecule has 1 aromatic carbocycles. The highest BCUT2D eigenvalue weighted by Gasteiger charge is 2.73. The number of aryl methyl sites for hydroxylation is 1. The highest BCUT2D eigenvalue weighted by molar-refractivity contribution is 5.54. The monoisotopic (exact) mass is 371 g/mol. The van der Waals surface area contributed by atoms with Crippen LogP contribution in [0.25, 0.3) is 0 Å². The first-order valence-corrected chi connectivity index (χ1v) is 7.54. The molecule has 2 atom stereocenters. The average Bonchev–Trinajstić information content (AvgIpc) is 2.52. The van der Waals surface area contributed by atoms with Crippen molar-refractivity contribution in [2.75, 3.05) is 7.05 Å². The molecule has 0 heterocycles. The zero-order valence-corrected chi connectivity index (χ0v) is 13.1. The molecule has 0 aromatic heterocycles. The van der Waals surface area contributed by atoms with Gasteiger partial charge in [0.05, 0.1) is 0 Å². The van der Waals surface area contributed by atoms with Crippen molar-refractivity contribution in [3.05, 3.63) is 34.9 Å². The van der Waals surface area contributed by atoms with Crippen molar-refractivity contribution in [2.24, 2.45) is 0 Å². The van der Waals surface area contributed by atoms with Crippen LogP contribution >= 0.6 is 0 Å². The first-order chi connectivity index (χ1) is 11.5. The molecule has 1 aliphatic carbocycles. The largest absolute Gasteiger partial charge is 0.435 e. The molecule has 2 nitrogen and oxygen atoms in total. The molecule has 1 aromatic rings. The minimum Gasteiger partial charge on any atom is -0.316 e. The van der Waals surface area contributed by atoms with Gasteiger partial charge in [-0.25, -0.2) is 4.39 Å². The maximum absolute atomic E-state index is 14.2. The summed E-state index contributed by atoms with van der Waals surface area (Å²) in [5.74, 6) is -0.383. The molecule has 0 saturated heterocycles. The zero-order valence-electron chi connectivity index (χ0n) is 13.1. The molecule has 0 fully saturated rings. The third-order valence-electron chi connectivity index (χ3n) is 4.65. The van der Waals surface area contributed by atoms with Crippen molar-refractivity contribution in [3.8, 4) is 0 Å². The van der Waals surface area contributed by atoms with Crippen molar-refractivity contribution < 1.29 is 35.5 Å². The molecule has 1 N–H and O–H groups in total. The summed E-state index contributed by atoms with van der Waals surface area (Å²) in [5.41, 5.74) is -6.26. The average molecular weight is 371 g/mol. The number of rotatable bonds is 4. The number of alkyl halides is 7. The molecule has 0 saturated carbocycles. The number of halogens is 7. The predicted octanol–water partition coefficient (Wildman–Crippen LogP) is 4.18. The van der Waals surface area contributed by atoms with Crippen LogP contribution in [0.4, 0.5) is 30.7 Å². The van der Waals surface area contributed by atoms with Gasteiger partial charge in [-0.3, -0.25) is 0 Å². The van der Waals surface area contributed by atoms with E-state index < -0.39 is 23.6 Å². The Kier molecular flexibility index (Phi) is 5.18. The van der Waals surface area contributed by atoms with Crippen LogP contribution in [-0.4, -0.2) is 31.7 Å². The fraction of sp³-hybridized carbons (Fsp3) is 0.562. The van der Waals surface area contributed by atoms with E-state index in [4.69, 9.17) is 0 Å². The molecule has 9 heteroatoms. The van der Waals surface area contributed by atoms with E-state index >= 15 is 0 Å². The number of hydrogen-bond acceptors (Lipinski definition) is 2. The van der Waals surface area contributed by atoms with Gasteiger partial charge in [-0.1, -0.05) is 18.2 Å². The SMILES string of the molecule is CNC1CCc2cc(C(F)(C(F)(F)F)C(F)(F)F)ccc2C1CC=O. The summed E-state index contributed by atoms with van der Waals surface area (Å²) in [6.45, 7) is 0. The Morgan fingerprint density at radius 3 is 2.20 bits per heavy atom. The van der Waals surface area contributed by atoms with Crippen LogP contribution < -0.4 is 5.32 Å². The van der Waals surface area contributed by atoms with Crippen LogP contribution in [0.1, 0.15) is 35.4 Å². The van der Waals surface area contributed by atoms with Crippen molar-refractivity contribution in [1.82, 2.24) is 5.32 Å². The van der Waals surface area contributed by atoms with Gasteiger partial charge < -0.3 is 10.1 Å². The number of nitrogens with one attached hydrogen (secondary N) is 1. The van der Waals surface area contributed by atoms with Crippen LogP contribution in [0, 0.1) is 0 Å². The van der Waals surface area contributed by atoms with Gasteiger partial charge in [-0.15, -0.1) is 0 Å². The Bertz CT molecular complexity index is 624. The van der Waals surface area contributed by atoms with Gasteiger partial charge in [0.15, 0.2) is 0 Å². The van der Waals surface area contributed by atoms with Crippen LogP contribution in [0.2, 0.25) is 0 Å². The van der Waals surface area contributed by atoms with Gasteiger partial charge >= 0.3 is 18.0 Å². The number of aldehydes is 1. The van der Waals surface area contributed by atoms with Crippen molar-refractivity contribution >= 4 is 6.29 Å². The molecule has 0 radical (unpaired) electrons. The molecule has 140 valence electrons. The zero-order chi connectivity index (χ0) is 19.0. The molecular weight excluding hydrogens is 355 g/mol. The third kappa shape index (κ3) is 3.26. The maximum Gasteiger partial charge on any atom is 0.435 e. The summed E-state index contributed by atoms with van der Waals surface area (Å²) in [7, 11) is 1.65. The highest BCUT2D eigenvalue weighted by Crippen LogP contribution is 2.53. The Balaban J connectivity index is 2.56. The molecule has 1 aliphatic rings. The molecule has 0 amide bonds. The summed E-state index contributed by atoms with van der Waals surface area (Å²) < 4.78 is 91.5. The minimum absolute atomic E-state index is 0.0666. The summed E-state index contributed by atoms with van der Waals surface area (Å²) in [6.07, 6.45) is -11.0. The smallest absolute Gasteiger partial charge is 0.316 e. The molecule has 0 spiro atoms. The fourth-order valence-electron chi connectivity index (χ4n) is 3.36. The van der Waals surface area contributed by atoms with Gasteiger partial charge in [0.2, 0.25) is 0 Å². The van der Waals surface area contributed by atoms with Crippen molar-refractivity contribution in [3.63, 3.8) is 0 Å². The highest BCUT2D eigenvalue weighted by atomic mass is 19.4. The number of carbonyl (C=O) groups excluding carboxylic acids is 1. The summed E-state index contributed by atoms with van der Waals surface area (Å²) in [6, 6.07) is 2.06. The Morgan fingerprint density at radius 2 is 1.72 bits per heavy atom. The van der Waals surface area contributed by atoms with Crippen molar-refractivity contribution in [2.45, 2.75) is 49.2 Å². The number of benzene rings is 1. The Hall–Kier alpha value is -1.64. The molecular formula is C16H16F7NO. The standard InChI is InChI=1S/C16H16F7NO/c1-24-13-5-2-9-8-10(3-4-11(9)12(13)6-7-25)14(17,15(18,19)20)16(21,22)23/h3-4,7-8,12-13,24H,2,5-6H2,1H3. The number of carbonyl (C=O) groups is 1. The molecule has 25 heavy (non-hydrogen) atoms. The second-order valence-electron chi connectivity index (χ2n) is 6.01. The topological polar surface area (TPSA) is 29.1 Å². The number of hydrogen-bond donors (Lipinski definition) is 1. The Morgan fingerprint density at radius 1 is 1.12 bits per heavy atom. The van der Waals surface area contributed by atoms with Crippen LogP contribution in [0.3, 0.4) is 0 Å². The molecule has 0 aliphatic heterocycles. The first-order valence-electron chi connectivity index (χ1n) is 7.54. The molecule has 0 bridgehead atoms. The lowest BCUT2D eigenvalue weighted by Gasteiger charge is -2.35. The van der Waals surface area contributed by atoms with Crippen molar-refractivity contribution in [1.29, 1.82) is 0 Å². The van der Waals surface area contributed by atoms with E-state index in [0.717, 1.165) is 6.07 Å². The van der Waals surface area contributed by atoms with Crippen LogP contribution in [0.15, 0.2) is 18.2 Å². The molecule has 2 rings (SSSR count). The maximum atomic E-state index is 14.2. The van der Waals surface area contributed by atoms with E-state index in [0.29, 0.717) is 30.4 Å². The van der Waals surface area contributed by atoms with Gasteiger partial charge in [0.1, 0.15) is 6.29 Å². The van der Waals surface area contributed by atoms with E-state index in [1.807, 2.05) is 0 Å². The summed E-state index contributed by atoms with van der Waals surface area (Å²) >= 11 is 0. The summed E-state index contributed by atoms with van der Waals surface area (Å²) in [5, 5.41) is 2.98. The lowest BCUT2D eigenvalue weighted by Crippen LogP contribution is -2.50. The second kappa shape index (κ2) is 6.59. The number of fused-ring (bicyclic) bond motifs is 1. The quantitative estimate of drug-likeness (QED) is 0.636. The summed E-state index contributed by atoms with van der Waals surface area (Å²) in [4.78, 5) is 10.8. The van der Waals surface area contributed by atoms with E-state index in [9.17, 15) is 35.5 Å². The number of likely N-dealkylation sites (N-methyl/N-ethyl adjacent to an activating group) is 1. The van der Waals surface area contributed by atoms with Gasteiger partial charge in [-0.2, -0.15) is 26.3 Å². The lowest BCUT2D eigenvalue weighted by molar-refractivity contribution is -0.348. The van der Waals surface area contributed by atoms with E-state index in [1.54, 1.807) is 7.05 Å². The predicted molar refractivity (Wildman–Crippen MR) is 75.9 cm³/mol. The first kappa shape index (κ1) is 19.7. The lowest BCUT2D eigenvalue weighted by atomic mass is 9.76. The van der Waals surface area contributed by atoms with Gasteiger partial charge in [0.25, 0.3) is 0 Å². The van der Waals surface area contributed by atoms with Crippen LogP contribution in [0.5, 0.6) is 0 Å². The second-order valence-corrected chi connectivity index (χ2v) is 6.01. The fourth-order valence-corrected chi connectivity index (χ4v) is 3.36. The van der Waals surface area contributed by atoms with Gasteiger partial charge in [-0.05, 0) is 31.0 Å². The van der Waals surface area contributed by atoms with E-state index in [-0.39, 0.29) is 30.4 Å². The van der Waals surface area contributed by atoms with E-state index in [1.165, 1.54) is 0 Å². The Labute approximate surface area is 139 Å².